The molecule has 4 N–H and O–H groups in total. The van der Waals surface area contributed by atoms with E-state index in [0.29, 0.717) is 47.5 Å². The molecule has 0 saturated carbocycles. The Hall–Kier alpha value is -3.36. The number of nitrogens with zero attached hydrogens (tertiary/aromatic N) is 3. The van der Waals surface area contributed by atoms with Crippen molar-refractivity contribution in [2.24, 2.45) is 5.16 Å². The highest BCUT2D eigenvalue weighted by molar-refractivity contribution is 6.32. The van der Waals surface area contributed by atoms with Crippen LogP contribution in [0.5, 0.6) is 5.75 Å². The molecule has 156 valence electrons. The first-order valence-corrected chi connectivity index (χ1v) is 9.65. The summed E-state index contributed by atoms with van der Waals surface area (Å²) >= 11 is 6.38. The summed E-state index contributed by atoms with van der Waals surface area (Å²) < 4.78 is 5.80. The Balaban J connectivity index is 1.69. The van der Waals surface area contributed by atoms with Crippen molar-refractivity contribution in [1.82, 2.24) is 9.97 Å². The van der Waals surface area contributed by atoms with Gasteiger partial charge in [0, 0.05) is 18.7 Å². The summed E-state index contributed by atoms with van der Waals surface area (Å²) in [4.78, 5) is 13.3. The molecule has 0 aliphatic rings. The third kappa shape index (κ3) is 6.07. The van der Waals surface area contributed by atoms with E-state index in [1.807, 2.05) is 36.4 Å². The number of nitrogen functional groups attached to an aromatic ring is 1. The fourth-order valence-corrected chi connectivity index (χ4v) is 2.71. The number of aliphatic hydroxyl groups excluding tert-OH is 1. The molecule has 9 heteroatoms. The first kappa shape index (κ1) is 21.4. The fraction of sp³-hybridized carbons (Fsp3) is 0.190. The Bertz CT molecular complexity index is 986. The van der Waals surface area contributed by atoms with Crippen molar-refractivity contribution in [2.75, 3.05) is 24.3 Å². The lowest BCUT2D eigenvalue weighted by Crippen LogP contribution is -2.05. The Labute approximate surface area is 179 Å². The van der Waals surface area contributed by atoms with Crippen molar-refractivity contribution < 1.29 is 14.7 Å². The summed E-state index contributed by atoms with van der Waals surface area (Å²) in [6, 6.07) is 15.2. The number of hydrogen-bond donors (Lipinski definition) is 3. The maximum Gasteiger partial charge on any atom is 0.144 e. The zero-order valence-electron chi connectivity index (χ0n) is 16.2. The average Bonchev–Trinajstić information content (AvgIpc) is 2.75. The molecular formula is C21H22ClN5O3. The highest BCUT2D eigenvalue weighted by atomic mass is 35.5. The molecule has 0 unspecified atom stereocenters. The number of hydrogen-bond acceptors (Lipinski definition) is 8. The molecule has 0 fully saturated rings. The summed E-state index contributed by atoms with van der Waals surface area (Å²) in [6.45, 7) is 0.751. The molecule has 0 radical (unpaired) electrons. The van der Waals surface area contributed by atoms with E-state index in [4.69, 9.17) is 32.0 Å². The lowest BCUT2D eigenvalue weighted by atomic mass is 10.2. The summed E-state index contributed by atoms with van der Waals surface area (Å²) in [5, 5.41) is 16.2. The van der Waals surface area contributed by atoms with Crippen molar-refractivity contribution >= 4 is 35.1 Å². The van der Waals surface area contributed by atoms with Crippen LogP contribution < -0.4 is 15.8 Å². The van der Waals surface area contributed by atoms with Gasteiger partial charge in [0.05, 0.1) is 16.8 Å². The third-order valence-corrected chi connectivity index (χ3v) is 4.29. The molecule has 0 amide bonds. The van der Waals surface area contributed by atoms with Gasteiger partial charge in [0.2, 0.25) is 0 Å². The highest BCUT2D eigenvalue weighted by Crippen LogP contribution is 2.30. The van der Waals surface area contributed by atoms with E-state index < -0.39 is 0 Å². The fourth-order valence-electron chi connectivity index (χ4n) is 2.48. The van der Waals surface area contributed by atoms with E-state index in [9.17, 15) is 0 Å². The van der Waals surface area contributed by atoms with Gasteiger partial charge in [0.25, 0.3) is 0 Å². The molecule has 0 bridgehead atoms. The lowest BCUT2D eigenvalue weighted by molar-refractivity contribution is 0.125. The number of aliphatic hydroxyl groups is 1. The van der Waals surface area contributed by atoms with Gasteiger partial charge in [-0.05, 0) is 23.8 Å². The number of nitrogens with one attached hydrogen (secondary N) is 1. The summed E-state index contributed by atoms with van der Waals surface area (Å²) in [5.41, 5.74) is 8.16. The Morgan fingerprint density at radius 2 is 2.00 bits per heavy atom. The quantitative estimate of drug-likeness (QED) is 0.256. The van der Waals surface area contributed by atoms with E-state index in [1.165, 1.54) is 12.5 Å². The Morgan fingerprint density at radius 1 is 1.17 bits per heavy atom. The van der Waals surface area contributed by atoms with Gasteiger partial charge in [0.1, 0.15) is 36.9 Å². The number of benzene rings is 2. The van der Waals surface area contributed by atoms with E-state index in [0.717, 1.165) is 5.56 Å². The summed E-state index contributed by atoms with van der Waals surface area (Å²) in [7, 11) is 0. The van der Waals surface area contributed by atoms with Crippen LogP contribution in [0.1, 0.15) is 17.5 Å². The van der Waals surface area contributed by atoms with E-state index in [1.54, 1.807) is 12.1 Å². The largest absolute Gasteiger partial charge is 0.487 e. The number of oxime groups is 1. The molecular weight excluding hydrogens is 406 g/mol. The van der Waals surface area contributed by atoms with Gasteiger partial charge in [-0.3, -0.25) is 0 Å². The third-order valence-electron chi connectivity index (χ3n) is 4.00. The predicted octanol–water partition coefficient (Wildman–Crippen LogP) is 3.77. The molecule has 0 saturated heterocycles. The van der Waals surface area contributed by atoms with Gasteiger partial charge in [-0.25, -0.2) is 9.97 Å². The monoisotopic (exact) mass is 427 g/mol. The minimum absolute atomic E-state index is 0.0325. The maximum absolute atomic E-state index is 8.77. The molecule has 8 nitrogen and oxygen atoms in total. The van der Waals surface area contributed by atoms with Crippen LogP contribution in [0, 0.1) is 0 Å². The van der Waals surface area contributed by atoms with Crippen LogP contribution in [-0.4, -0.2) is 34.5 Å². The van der Waals surface area contributed by atoms with Crippen molar-refractivity contribution in [3.63, 3.8) is 0 Å². The number of anilines is 3. The van der Waals surface area contributed by atoms with Crippen LogP contribution in [0.25, 0.3) is 0 Å². The predicted molar refractivity (Wildman–Crippen MR) is 117 cm³/mol. The van der Waals surface area contributed by atoms with Crippen LogP contribution in [0.3, 0.4) is 0 Å². The van der Waals surface area contributed by atoms with Crippen molar-refractivity contribution in [3.8, 4) is 5.75 Å². The first-order chi connectivity index (χ1) is 14.7. The molecule has 1 aromatic heterocycles. The van der Waals surface area contributed by atoms with Crippen LogP contribution in [-0.2, 0) is 11.4 Å². The van der Waals surface area contributed by atoms with Gasteiger partial charge in [-0.15, -0.1) is 0 Å². The second-order valence-corrected chi connectivity index (χ2v) is 6.62. The topological polar surface area (TPSA) is 115 Å². The van der Waals surface area contributed by atoms with Crippen molar-refractivity contribution in [2.45, 2.75) is 13.0 Å². The van der Waals surface area contributed by atoms with Crippen LogP contribution >= 0.6 is 11.6 Å². The molecule has 0 spiro atoms. The number of halogens is 1. The SMILES string of the molecule is Nc1ncnc(Nc2ccc(OCc3ccccc3)c(Cl)c2)c1/C=N/OCCCO. The second kappa shape index (κ2) is 11.0. The van der Waals surface area contributed by atoms with Crippen LogP contribution in [0.2, 0.25) is 5.02 Å². The van der Waals surface area contributed by atoms with Crippen LogP contribution in [0.15, 0.2) is 60.0 Å². The average molecular weight is 428 g/mol. The van der Waals surface area contributed by atoms with E-state index in [-0.39, 0.29) is 12.4 Å². The number of aromatic nitrogens is 2. The van der Waals surface area contributed by atoms with E-state index >= 15 is 0 Å². The number of nitrogens with two attached hydrogens (primary N) is 1. The first-order valence-electron chi connectivity index (χ1n) is 9.27. The minimum Gasteiger partial charge on any atom is -0.487 e. The van der Waals surface area contributed by atoms with Gasteiger partial charge < -0.3 is 25.7 Å². The molecule has 30 heavy (non-hydrogen) atoms. The molecule has 0 atom stereocenters. The van der Waals surface area contributed by atoms with Crippen LogP contribution in [0.4, 0.5) is 17.3 Å². The molecule has 3 rings (SSSR count). The van der Waals surface area contributed by atoms with Gasteiger partial charge >= 0.3 is 0 Å². The lowest BCUT2D eigenvalue weighted by Gasteiger charge is -2.12. The molecule has 0 aliphatic carbocycles. The number of rotatable bonds is 10. The summed E-state index contributed by atoms with van der Waals surface area (Å²) in [6.07, 6.45) is 3.26. The van der Waals surface area contributed by atoms with Crippen molar-refractivity contribution in [3.05, 3.63) is 71.0 Å². The van der Waals surface area contributed by atoms with Gasteiger partial charge in [0.15, 0.2) is 0 Å². The molecule has 1 heterocycles. The van der Waals surface area contributed by atoms with Gasteiger partial charge in [-0.1, -0.05) is 47.1 Å². The number of ether oxygens (including phenoxy) is 1. The Kier molecular flexibility index (Phi) is 7.82. The Morgan fingerprint density at radius 3 is 2.77 bits per heavy atom. The molecule has 0 aliphatic heterocycles. The molecule has 2 aromatic carbocycles. The van der Waals surface area contributed by atoms with Crippen molar-refractivity contribution in [1.29, 1.82) is 0 Å². The minimum atomic E-state index is 0.0325. The van der Waals surface area contributed by atoms with Gasteiger partial charge in [-0.2, -0.15) is 0 Å². The zero-order valence-corrected chi connectivity index (χ0v) is 16.9. The molecule has 3 aromatic rings. The summed E-state index contributed by atoms with van der Waals surface area (Å²) in [5.74, 6) is 1.27. The van der Waals surface area contributed by atoms with E-state index in [2.05, 4.69) is 20.4 Å². The normalized spacial score (nSPS) is 10.9. The maximum atomic E-state index is 8.77. The standard InChI is InChI=1S/C21H22ClN5O3/c22-18-11-16(7-8-19(18)29-13-15-5-2-1-3-6-15)27-21-17(20(23)24-14-25-21)12-26-30-10-4-9-28/h1-3,5-8,11-12,14,28H,4,9-10,13H2,(H3,23,24,25,27)/b26-12+. The smallest absolute Gasteiger partial charge is 0.144 e. The highest BCUT2D eigenvalue weighted by Gasteiger charge is 2.10. The second-order valence-electron chi connectivity index (χ2n) is 6.21. The zero-order chi connectivity index (χ0) is 21.2.